The summed E-state index contributed by atoms with van der Waals surface area (Å²) in [4.78, 5) is 0. The third-order valence-electron chi connectivity index (χ3n) is 2.98. The van der Waals surface area contributed by atoms with Gasteiger partial charge in [0.15, 0.2) is 0 Å². The van der Waals surface area contributed by atoms with Gasteiger partial charge in [-0.05, 0) is 11.1 Å². The molecule has 1 saturated heterocycles. The maximum Gasteiger partial charge on any atom is 0.0810 e. The van der Waals surface area contributed by atoms with Crippen LogP contribution in [0.4, 0.5) is 0 Å². The van der Waals surface area contributed by atoms with Gasteiger partial charge in [0, 0.05) is 13.0 Å². The van der Waals surface area contributed by atoms with Crippen molar-refractivity contribution in [2.75, 3.05) is 13.2 Å². The molecule has 13 heavy (non-hydrogen) atoms. The summed E-state index contributed by atoms with van der Waals surface area (Å²) < 4.78 is 5.72. The highest BCUT2D eigenvalue weighted by molar-refractivity contribution is 5.36. The first-order chi connectivity index (χ1) is 6.45. The second-order valence-corrected chi connectivity index (χ2v) is 3.74. The Hall–Kier alpha value is -0.860. The first-order valence-corrected chi connectivity index (χ1v) is 4.88. The Labute approximate surface area is 77.9 Å². The summed E-state index contributed by atoms with van der Waals surface area (Å²) in [7, 11) is 0. The molecule has 68 valence electrons. The zero-order chi connectivity index (χ0) is 8.67. The van der Waals surface area contributed by atoms with Crippen LogP contribution in [0.25, 0.3) is 0 Å². The van der Waals surface area contributed by atoms with E-state index < -0.39 is 0 Å². The molecule has 1 aliphatic heterocycles. The van der Waals surface area contributed by atoms with Crippen molar-refractivity contribution in [3.05, 3.63) is 35.4 Å². The molecule has 1 N–H and O–H groups in total. The van der Waals surface area contributed by atoms with Gasteiger partial charge in [-0.3, -0.25) is 0 Å². The van der Waals surface area contributed by atoms with Crippen LogP contribution in [0.2, 0.25) is 0 Å². The molecule has 1 aliphatic carbocycles. The van der Waals surface area contributed by atoms with Crippen LogP contribution in [0.5, 0.6) is 0 Å². The average molecular weight is 175 g/mol. The lowest BCUT2D eigenvalue weighted by Crippen LogP contribution is -2.39. The van der Waals surface area contributed by atoms with Crippen LogP contribution >= 0.6 is 0 Å². The predicted molar refractivity (Wildman–Crippen MR) is 50.6 cm³/mol. The predicted octanol–water partition coefficient (Wildman–Crippen LogP) is 1.27. The number of fused-ring (bicyclic) bond motifs is 3. The molecule has 0 saturated carbocycles. The van der Waals surface area contributed by atoms with Gasteiger partial charge in [0.2, 0.25) is 0 Å². The van der Waals surface area contributed by atoms with E-state index in [-0.39, 0.29) is 0 Å². The zero-order valence-electron chi connectivity index (χ0n) is 7.49. The number of rotatable bonds is 0. The zero-order valence-corrected chi connectivity index (χ0v) is 7.49. The van der Waals surface area contributed by atoms with E-state index in [2.05, 4.69) is 29.6 Å². The van der Waals surface area contributed by atoms with Crippen LogP contribution in [-0.4, -0.2) is 19.3 Å². The lowest BCUT2D eigenvalue weighted by atomic mass is 10.1. The summed E-state index contributed by atoms with van der Waals surface area (Å²) >= 11 is 0. The third-order valence-corrected chi connectivity index (χ3v) is 2.98. The lowest BCUT2D eigenvalue weighted by molar-refractivity contribution is 0.00503. The largest absolute Gasteiger partial charge is 0.375 e. The Morgan fingerprint density at radius 3 is 3.23 bits per heavy atom. The van der Waals surface area contributed by atoms with Crippen molar-refractivity contribution in [3.8, 4) is 0 Å². The van der Waals surface area contributed by atoms with Crippen molar-refractivity contribution in [1.29, 1.82) is 0 Å². The fraction of sp³-hybridized carbons (Fsp3) is 0.455. The Morgan fingerprint density at radius 1 is 1.31 bits per heavy atom. The van der Waals surface area contributed by atoms with Crippen molar-refractivity contribution < 1.29 is 4.74 Å². The van der Waals surface area contributed by atoms with Gasteiger partial charge in [-0.2, -0.15) is 0 Å². The van der Waals surface area contributed by atoms with Gasteiger partial charge in [0.25, 0.3) is 0 Å². The maximum absolute atomic E-state index is 5.72. The molecule has 1 fully saturated rings. The average Bonchev–Trinajstić information content (AvgIpc) is 2.56. The monoisotopic (exact) mass is 175 g/mol. The molecule has 0 spiro atoms. The smallest absolute Gasteiger partial charge is 0.0810 e. The highest BCUT2D eigenvalue weighted by Gasteiger charge is 2.34. The van der Waals surface area contributed by atoms with E-state index in [4.69, 9.17) is 4.74 Å². The summed E-state index contributed by atoms with van der Waals surface area (Å²) in [6, 6.07) is 9.08. The topological polar surface area (TPSA) is 21.3 Å². The fourth-order valence-corrected chi connectivity index (χ4v) is 2.38. The minimum Gasteiger partial charge on any atom is -0.375 e. The Bertz CT molecular complexity index is 324. The van der Waals surface area contributed by atoms with Crippen LogP contribution in [0.1, 0.15) is 17.2 Å². The molecule has 0 amide bonds. The summed E-state index contributed by atoms with van der Waals surface area (Å²) in [6.45, 7) is 1.84. The quantitative estimate of drug-likeness (QED) is 0.641. The molecule has 0 unspecified atom stereocenters. The summed E-state index contributed by atoms with van der Waals surface area (Å²) in [5, 5.41) is 3.51. The van der Waals surface area contributed by atoms with Crippen LogP contribution in [0.3, 0.4) is 0 Å². The molecular weight excluding hydrogens is 162 g/mol. The van der Waals surface area contributed by atoms with E-state index in [1.807, 2.05) is 0 Å². The molecule has 1 aromatic rings. The first kappa shape index (κ1) is 7.54. The minimum atomic E-state index is 0.381. The van der Waals surface area contributed by atoms with E-state index >= 15 is 0 Å². The number of nitrogens with one attached hydrogen (secondary N) is 1. The van der Waals surface area contributed by atoms with Crippen LogP contribution < -0.4 is 5.32 Å². The van der Waals surface area contributed by atoms with E-state index in [1.165, 1.54) is 11.1 Å². The summed E-state index contributed by atoms with van der Waals surface area (Å²) in [5.41, 5.74) is 2.89. The van der Waals surface area contributed by atoms with E-state index in [0.29, 0.717) is 12.1 Å². The second-order valence-electron chi connectivity index (χ2n) is 3.74. The van der Waals surface area contributed by atoms with E-state index in [1.54, 1.807) is 0 Å². The van der Waals surface area contributed by atoms with Crippen molar-refractivity contribution in [1.82, 2.24) is 5.32 Å². The van der Waals surface area contributed by atoms with Crippen molar-refractivity contribution >= 4 is 0 Å². The maximum atomic E-state index is 5.72. The van der Waals surface area contributed by atoms with Crippen LogP contribution in [0.15, 0.2) is 24.3 Å². The minimum absolute atomic E-state index is 0.381. The molecule has 2 aliphatic rings. The molecular formula is C11H13NO. The van der Waals surface area contributed by atoms with Gasteiger partial charge in [-0.25, -0.2) is 0 Å². The second kappa shape index (κ2) is 2.82. The highest BCUT2D eigenvalue weighted by Crippen LogP contribution is 2.34. The first-order valence-electron chi connectivity index (χ1n) is 4.88. The van der Waals surface area contributed by atoms with Crippen molar-refractivity contribution in [2.24, 2.45) is 0 Å². The SMILES string of the molecule is c1ccc2c(c1)C[C@@H]1OCCN[C@H]21. The summed E-state index contributed by atoms with van der Waals surface area (Å²) in [5.74, 6) is 0. The van der Waals surface area contributed by atoms with Gasteiger partial charge in [-0.15, -0.1) is 0 Å². The van der Waals surface area contributed by atoms with Crippen LogP contribution in [-0.2, 0) is 11.2 Å². The molecule has 0 radical (unpaired) electrons. The number of hydrogen-bond acceptors (Lipinski definition) is 2. The Balaban J connectivity index is 2.01. The van der Waals surface area contributed by atoms with Crippen molar-refractivity contribution in [2.45, 2.75) is 18.6 Å². The molecule has 3 rings (SSSR count). The third kappa shape index (κ3) is 1.10. The molecule has 2 nitrogen and oxygen atoms in total. The lowest BCUT2D eigenvalue weighted by Gasteiger charge is -2.27. The molecule has 1 heterocycles. The molecule has 1 aromatic carbocycles. The summed E-state index contributed by atoms with van der Waals surface area (Å²) in [6.07, 6.45) is 1.46. The van der Waals surface area contributed by atoms with Gasteiger partial charge in [-0.1, -0.05) is 24.3 Å². The normalized spacial score (nSPS) is 31.1. The molecule has 2 atom stereocenters. The van der Waals surface area contributed by atoms with Gasteiger partial charge in [0.1, 0.15) is 0 Å². The Kier molecular flexibility index (Phi) is 1.64. The number of morpholine rings is 1. The highest BCUT2D eigenvalue weighted by atomic mass is 16.5. The van der Waals surface area contributed by atoms with Gasteiger partial charge >= 0.3 is 0 Å². The van der Waals surface area contributed by atoms with Crippen LogP contribution in [0, 0.1) is 0 Å². The van der Waals surface area contributed by atoms with E-state index in [9.17, 15) is 0 Å². The number of hydrogen-bond donors (Lipinski definition) is 1. The Morgan fingerprint density at radius 2 is 2.23 bits per heavy atom. The standard InChI is InChI=1S/C11H13NO/c1-2-4-9-8(3-1)7-10-11(9)12-5-6-13-10/h1-4,10-12H,5-7H2/t10-,11+/m0/s1. The fourth-order valence-electron chi connectivity index (χ4n) is 2.38. The number of ether oxygens (including phenoxy) is 1. The molecule has 2 heteroatoms. The van der Waals surface area contributed by atoms with Gasteiger partial charge in [0.05, 0.1) is 18.8 Å². The van der Waals surface area contributed by atoms with E-state index in [0.717, 1.165) is 19.6 Å². The molecule has 0 bridgehead atoms. The molecule has 0 aromatic heterocycles. The number of benzene rings is 1. The van der Waals surface area contributed by atoms with Gasteiger partial charge < -0.3 is 10.1 Å². The van der Waals surface area contributed by atoms with Crippen molar-refractivity contribution in [3.63, 3.8) is 0 Å².